The maximum atomic E-state index is 13.2. The van der Waals surface area contributed by atoms with E-state index in [1.165, 1.54) is 36.4 Å². The molecule has 2 aromatic rings. The van der Waals surface area contributed by atoms with Gasteiger partial charge in [-0.25, -0.2) is 0 Å². The summed E-state index contributed by atoms with van der Waals surface area (Å²) in [4.78, 5) is 12.0. The monoisotopic (exact) mass is 354 g/mol. The maximum absolute atomic E-state index is 13.2. The molecule has 5 heteroatoms. The Balaban J connectivity index is 2.44. The number of benzene rings is 2. The summed E-state index contributed by atoms with van der Waals surface area (Å²) in [5.41, 5.74) is -0.782. The third-order valence-corrected chi connectivity index (χ3v) is 3.32. The van der Waals surface area contributed by atoms with Gasteiger partial charge in [0.25, 0.3) is 0 Å². The third kappa shape index (κ3) is 4.04. The van der Waals surface area contributed by atoms with Crippen LogP contribution in [0.15, 0.2) is 65.1 Å². The molecule has 0 fully saturated rings. The van der Waals surface area contributed by atoms with Crippen LogP contribution in [-0.2, 0) is 0 Å². The van der Waals surface area contributed by atoms with Crippen molar-refractivity contribution in [3.8, 4) is 0 Å². The van der Waals surface area contributed by atoms with Crippen molar-refractivity contribution in [3.05, 3.63) is 76.3 Å². The highest BCUT2D eigenvalue weighted by Crippen LogP contribution is 2.34. The molecule has 0 N–H and O–H groups in total. The van der Waals surface area contributed by atoms with E-state index in [4.69, 9.17) is 0 Å². The van der Waals surface area contributed by atoms with Crippen molar-refractivity contribution in [1.29, 1.82) is 0 Å². The average Bonchev–Trinajstić information content (AvgIpc) is 2.45. The van der Waals surface area contributed by atoms with Crippen LogP contribution in [0.2, 0.25) is 0 Å². The molecule has 0 amide bonds. The maximum Gasteiger partial charge on any atom is 0.417 e. The molecular weight excluding hydrogens is 345 g/mol. The van der Waals surface area contributed by atoms with Gasteiger partial charge in [-0.05, 0) is 23.8 Å². The fourth-order valence-electron chi connectivity index (χ4n) is 1.78. The van der Waals surface area contributed by atoms with Crippen LogP contribution in [0, 0.1) is 0 Å². The summed E-state index contributed by atoms with van der Waals surface area (Å²) < 4.78 is 40.1. The van der Waals surface area contributed by atoms with Gasteiger partial charge in [0.1, 0.15) is 0 Å². The molecule has 0 bridgehead atoms. The molecular formula is C16H10BrF3O. The molecule has 0 aliphatic heterocycles. The van der Waals surface area contributed by atoms with E-state index >= 15 is 0 Å². The van der Waals surface area contributed by atoms with Crippen LogP contribution in [0.1, 0.15) is 15.9 Å². The van der Waals surface area contributed by atoms with Crippen LogP contribution in [0.25, 0.3) is 5.57 Å². The first kappa shape index (κ1) is 15.5. The second-order valence-corrected chi connectivity index (χ2v) is 5.21. The molecule has 0 spiro atoms. The highest BCUT2D eigenvalue weighted by Gasteiger charge is 2.35. The zero-order chi connectivity index (χ0) is 15.5. The Bertz CT molecular complexity index is 658. The van der Waals surface area contributed by atoms with Gasteiger partial charge in [0.05, 0.1) is 5.57 Å². The summed E-state index contributed by atoms with van der Waals surface area (Å²) in [5, 5.41) is 0. The van der Waals surface area contributed by atoms with Crippen LogP contribution in [0.4, 0.5) is 13.2 Å². The van der Waals surface area contributed by atoms with Gasteiger partial charge in [-0.1, -0.05) is 58.4 Å². The first-order valence-corrected chi connectivity index (χ1v) is 6.81. The van der Waals surface area contributed by atoms with Crippen molar-refractivity contribution in [2.24, 2.45) is 0 Å². The second kappa shape index (κ2) is 6.26. The number of rotatable bonds is 3. The normalized spacial score (nSPS) is 12.3. The van der Waals surface area contributed by atoms with Crippen LogP contribution in [-0.4, -0.2) is 12.0 Å². The van der Waals surface area contributed by atoms with Crippen LogP contribution < -0.4 is 0 Å². The van der Waals surface area contributed by atoms with Gasteiger partial charge in [0.2, 0.25) is 0 Å². The van der Waals surface area contributed by atoms with E-state index in [0.29, 0.717) is 10.5 Å². The molecule has 0 radical (unpaired) electrons. The molecule has 0 saturated heterocycles. The van der Waals surface area contributed by atoms with Crippen molar-refractivity contribution in [2.45, 2.75) is 6.18 Å². The lowest BCUT2D eigenvalue weighted by atomic mass is 10.0. The Labute approximate surface area is 128 Å². The summed E-state index contributed by atoms with van der Waals surface area (Å²) >= 11 is 3.16. The number of carbonyl (C=O) groups is 1. The first-order valence-electron chi connectivity index (χ1n) is 6.02. The zero-order valence-electron chi connectivity index (χ0n) is 10.7. The quantitative estimate of drug-likeness (QED) is 0.541. The van der Waals surface area contributed by atoms with Gasteiger partial charge in [-0.15, -0.1) is 0 Å². The molecule has 0 aliphatic carbocycles. The number of halogens is 4. The molecule has 2 aromatic carbocycles. The molecule has 1 nitrogen and oxygen atoms in total. The Hall–Kier alpha value is -1.88. The third-order valence-electron chi connectivity index (χ3n) is 2.79. The summed E-state index contributed by atoms with van der Waals surface area (Å²) in [6.45, 7) is 0. The highest BCUT2D eigenvalue weighted by atomic mass is 79.9. The predicted octanol–water partition coefficient (Wildman–Crippen LogP) is 5.28. The van der Waals surface area contributed by atoms with Gasteiger partial charge in [-0.3, -0.25) is 4.79 Å². The molecule has 0 saturated carbocycles. The Morgan fingerprint density at radius 2 is 1.48 bits per heavy atom. The molecule has 0 heterocycles. The molecule has 21 heavy (non-hydrogen) atoms. The van der Waals surface area contributed by atoms with E-state index < -0.39 is 17.5 Å². The average molecular weight is 355 g/mol. The summed E-state index contributed by atoms with van der Waals surface area (Å²) in [6, 6.07) is 13.5. The summed E-state index contributed by atoms with van der Waals surface area (Å²) in [6.07, 6.45) is -3.96. The van der Waals surface area contributed by atoms with Crippen molar-refractivity contribution in [1.82, 2.24) is 0 Å². The largest absolute Gasteiger partial charge is 0.417 e. The Morgan fingerprint density at radius 1 is 0.905 bits per heavy atom. The number of carbonyl (C=O) groups excluding carboxylic acids is 1. The summed E-state index contributed by atoms with van der Waals surface area (Å²) in [7, 11) is 0. The van der Waals surface area contributed by atoms with Gasteiger partial charge >= 0.3 is 6.18 Å². The van der Waals surface area contributed by atoms with Crippen molar-refractivity contribution in [3.63, 3.8) is 0 Å². The van der Waals surface area contributed by atoms with E-state index in [0.717, 1.165) is 0 Å². The van der Waals surface area contributed by atoms with Crippen molar-refractivity contribution >= 4 is 27.3 Å². The fraction of sp³-hybridized carbons (Fsp3) is 0.0625. The number of ketones is 1. The smallest absolute Gasteiger partial charge is 0.289 e. The number of hydrogen-bond donors (Lipinski definition) is 0. The fourth-order valence-corrected chi connectivity index (χ4v) is 2.04. The number of alkyl halides is 3. The van der Waals surface area contributed by atoms with Gasteiger partial charge in [0.15, 0.2) is 5.78 Å². The van der Waals surface area contributed by atoms with E-state index in [9.17, 15) is 18.0 Å². The van der Waals surface area contributed by atoms with Crippen molar-refractivity contribution in [2.75, 3.05) is 0 Å². The second-order valence-electron chi connectivity index (χ2n) is 4.29. The molecule has 0 unspecified atom stereocenters. The standard InChI is InChI=1S/C16H10BrF3O/c17-13-8-6-11(7-9-13)14(16(18,19)20)10-15(21)12-4-2-1-3-5-12/h1-10H. The van der Waals surface area contributed by atoms with E-state index in [1.54, 1.807) is 18.2 Å². The molecule has 0 aliphatic rings. The lowest BCUT2D eigenvalue weighted by Gasteiger charge is -2.12. The SMILES string of the molecule is O=C(C=C(c1ccc(Br)cc1)C(F)(F)F)c1ccccc1. The number of allylic oxidation sites excluding steroid dienone is 2. The molecule has 108 valence electrons. The lowest BCUT2D eigenvalue weighted by molar-refractivity contribution is -0.0689. The van der Waals surface area contributed by atoms with Crippen molar-refractivity contribution < 1.29 is 18.0 Å². The Morgan fingerprint density at radius 3 is 2.00 bits per heavy atom. The van der Waals surface area contributed by atoms with Gasteiger partial charge < -0.3 is 0 Å². The van der Waals surface area contributed by atoms with Crippen LogP contribution in [0.5, 0.6) is 0 Å². The minimum atomic E-state index is -4.60. The minimum Gasteiger partial charge on any atom is -0.289 e. The molecule has 0 atom stereocenters. The zero-order valence-corrected chi connectivity index (χ0v) is 12.3. The van der Waals surface area contributed by atoms with Gasteiger partial charge in [0, 0.05) is 10.0 Å². The van der Waals surface area contributed by atoms with E-state index in [2.05, 4.69) is 15.9 Å². The molecule has 2 rings (SSSR count). The topological polar surface area (TPSA) is 17.1 Å². The summed E-state index contributed by atoms with van der Waals surface area (Å²) in [5.74, 6) is -0.675. The molecule has 0 aromatic heterocycles. The lowest BCUT2D eigenvalue weighted by Crippen LogP contribution is -2.12. The van der Waals surface area contributed by atoms with E-state index in [1.807, 2.05) is 0 Å². The highest BCUT2D eigenvalue weighted by molar-refractivity contribution is 9.10. The minimum absolute atomic E-state index is 0.0463. The van der Waals surface area contributed by atoms with Gasteiger partial charge in [-0.2, -0.15) is 13.2 Å². The first-order chi connectivity index (χ1) is 9.88. The number of hydrogen-bond acceptors (Lipinski definition) is 1. The van der Waals surface area contributed by atoms with E-state index in [-0.39, 0.29) is 11.1 Å². The van der Waals surface area contributed by atoms with Crippen LogP contribution >= 0.6 is 15.9 Å². The van der Waals surface area contributed by atoms with Crippen LogP contribution in [0.3, 0.4) is 0 Å². The predicted molar refractivity (Wildman–Crippen MR) is 78.9 cm³/mol. The Kier molecular flexibility index (Phi) is 4.63.